The molecule has 2 aromatic rings. The number of halogens is 6. The lowest BCUT2D eigenvalue weighted by Crippen LogP contribution is -2.37. The van der Waals surface area contributed by atoms with Gasteiger partial charge in [0, 0.05) is 50.3 Å². The Hall–Kier alpha value is -3.09. The topological polar surface area (TPSA) is 90.4 Å². The van der Waals surface area contributed by atoms with Gasteiger partial charge in [0.2, 0.25) is 0 Å². The minimum Gasteiger partial charge on any atom is -0.475 e. The molecule has 3 N–H and O–H groups in total. The number of aliphatic carboxylic acids is 1. The summed E-state index contributed by atoms with van der Waals surface area (Å²) in [7, 11) is 0. The minimum absolute atomic E-state index is 0.0573. The number of carboxylic acid groups (broad SMARTS) is 1. The lowest BCUT2D eigenvalue weighted by molar-refractivity contribution is -0.192. The third-order valence-corrected chi connectivity index (χ3v) is 6.04. The van der Waals surface area contributed by atoms with Crippen molar-refractivity contribution in [2.24, 2.45) is 5.92 Å². The number of fused-ring (bicyclic) bond motifs is 1. The highest BCUT2D eigenvalue weighted by atomic mass is 19.4. The van der Waals surface area contributed by atoms with Crippen LogP contribution in [-0.4, -0.2) is 52.9 Å². The fourth-order valence-electron chi connectivity index (χ4n) is 4.22. The van der Waals surface area contributed by atoms with Gasteiger partial charge < -0.3 is 20.6 Å². The molecular weight excluding hydrogens is 504 g/mol. The van der Waals surface area contributed by atoms with Crippen LogP contribution in [0.5, 0.6) is 0 Å². The van der Waals surface area contributed by atoms with Gasteiger partial charge >= 0.3 is 12.1 Å². The number of hydrogen-bond donors (Lipinski definition) is 3. The second-order valence-corrected chi connectivity index (χ2v) is 9.21. The van der Waals surface area contributed by atoms with Crippen LogP contribution in [0.3, 0.4) is 0 Å². The average Bonchev–Trinajstić information content (AvgIpc) is 2.83. The number of nitrogens with one attached hydrogen (secondary N) is 2. The van der Waals surface area contributed by atoms with E-state index in [-0.39, 0.29) is 17.5 Å². The Morgan fingerprint density at radius 1 is 1.16 bits per heavy atom. The minimum atomic E-state index is -5.08. The molecule has 1 unspecified atom stereocenters. The summed E-state index contributed by atoms with van der Waals surface area (Å²) >= 11 is 0. The number of carboxylic acids is 1. The molecule has 13 heteroatoms. The van der Waals surface area contributed by atoms with Crippen molar-refractivity contribution in [1.29, 1.82) is 0 Å². The Balaban J connectivity index is 0.000000479. The first-order chi connectivity index (χ1) is 17.4. The lowest BCUT2D eigenvalue weighted by atomic mass is 9.88. The molecule has 204 valence electrons. The number of alkyl halides is 4. The van der Waals surface area contributed by atoms with Crippen LogP contribution >= 0.6 is 0 Å². The molecule has 2 aliphatic heterocycles. The SMILES string of the molecule is CC(C)Nc1nc2c(nc1N1CCC(C(F)c3ccc(F)cc3F)CC1)CCNC2.O=C(O)C(F)(F)F. The van der Waals surface area contributed by atoms with E-state index in [4.69, 9.17) is 19.9 Å². The van der Waals surface area contributed by atoms with Crippen LogP contribution in [0, 0.1) is 17.6 Å². The quantitative estimate of drug-likeness (QED) is 0.477. The van der Waals surface area contributed by atoms with Crippen LogP contribution in [0.15, 0.2) is 18.2 Å². The molecule has 3 heterocycles. The first-order valence-electron chi connectivity index (χ1n) is 11.9. The Morgan fingerprint density at radius 3 is 2.38 bits per heavy atom. The van der Waals surface area contributed by atoms with Crippen molar-refractivity contribution in [2.45, 2.75) is 58.0 Å². The molecule has 1 aromatic heterocycles. The number of piperidine rings is 1. The summed E-state index contributed by atoms with van der Waals surface area (Å²) in [6.45, 7) is 6.94. The molecule has 4 rings (SSSR count). The van der Waals surface area contributed by atoms with E-state index >= 15 is 0 Å². The maximum atomic E-state index is 15.0. The van der Waals surface area contributed by atoms with Gasteiger partial charge in [0.25, 0.3) is 0 Å². The highest BCUT2D eigenvalue weighted by Crippen LogP contribution is 2.37. The smallest absolute Gasteiger partial charge is 0.475 e. The summed E-state index contributed by atoms with van der Waals surface area (Å²) < 4.78 is 73.9. The number of carbonyl (C=O) groups is 1. The number of anilines is 2. The van der Waals surface area contributed by atoms with E-state index in [2.05, 4.69) is 29.4 Å². The van der Waals surface area contributed by atoms with Crippen LogP contribution in [0.1, 0.15) is 49.8 Å². The Morgan fingerprint density at radius 2 is 1.81 bits per heavy atom. The van der Waals surface area contributed by atoms with Crippen molar-refractivity contribution in [1.82, 2.24) is 15.3 Å². The largest absolute Gasteiger partial charge is 0.490 e. The first-order valence-corrected chi connectivity index (χ1v) is 11.9. The van der Waals surface area contributed by atoms with Crippen molar-refractivity contribution in [3.8, 4) is 0 Å². The number of aromatic nitrogens is 2. The molecule has 0 amide bonds. The summed E-state index contributed by atoms with van der Waals surface area (Å²) in [4.78, 5) is 20.8. The fraction of sp³-hybridized carbons (Fsp3) is 0.542. The van der Waals surface area contributed by atoms with E-state index in [0.717, 1.165) is 48.1 Å². The normalized spacial score (nSPS) is 17.1. The van der Waals surface area contributed by atoms with Crippen molar-refractivity contribution in [3.63, 3.8) is 0 Å². The van der Waals surface area contributed by atoms with E-state index in [1.807, 2.05) is 0 Å². The number of nitrogens with zero attached hydrogens (tertiary/aromatic N) is 3. The van der Waals surface area contributed by atoms with Crippen LogP contribution in [0.4, 0.5) is 38.0 Å². The summed E-state index contributed by atoms with van der Waals surface area (Å²) in [6, 6.07) is 3.29. The first kappa shape index (κ1) is 28.5. The lowest BCUT2D eigenvalue weighted by Gasteiger charge is -2.35. The van der Waals surface area contributed by atoms with Crippen LogP contribution in [-0.2, 0) is 17.8 Å². The molecule has 0 bridgehead atoms. The fourth-order valence-corrected chi connectivity index (χ4v) is 4.22. The molecule has 37 heavy (non-hydrogen) atoms. The summed E-state index contributed by atoms with van der Waals surface area (Å²) in [5.74, 6) is -3.00. The van der Waals surface area contributed by atoms with Crippen LogP contribution in [0.2, 0.25) is 0 Å². The molecule has 1 fully saturated rings. The van der Waals surface area contributed by atoms with Gasteiger partial charge in [-0.1, -0.05) is 6.07 Å². The van der Waals surface area contributed by atoms with Gasteiger partial charge in [-0.3, -0.25) is 0 Å². The predicted molar refractivity (Wildman–Crippen MR) is 125 cm³/mol. The third kappa shape index (κ3) is 7.46. The predicted octanol–water partition coefficient (Wildman–Crippen LogP) is 4.78. The van der Waals surface area contributed by atoms with Crippen molar-refractivity contribution in [3.05, 3.63) is 46.8 Å². The van der Waals surface area contributed by atoms with E-state index in [0.29, 0.717) is 32.5 Å². The average molecular weight is 534 g/mol. The highest BCUT2D eigenvalue weighted by molar-refractivity contribution is 5.73. The Labute approximate surface area is 210 Å². The van der Waals surface area contributed by atoms with Gasteiger partial charge in [0.15, 0.2) is 11.6 Å². The number of rotatable bonds is 5. The maximum absolute atomic E-state index is 15.0. The van der Waals surface area contributed by atoms with Gasteiger partial charge in [-0.05, 0) is 38.7 Å². The van der Waals surface area contributed by atoms with Gasteiger partial charge in [-0.25, -0.2) is 27.9 Å². The van der Waals surface area contributed by atoms with E-state index < -0.39 is 30.0 Å². The molecule has 1 aromatic carbocycles. The zero-order valence-corrected chi connectivity index (χ0v) is 20.4. The zero-order valence-electron chi connectivity index (χ0n) is 20.4. The Bertz CT molecular complexity index is 1090. The monoisotopic (exact) mass is 533 g/mol. The van der Waals surface area contributed by atoms with E-state index in [9.17, 15) is 26.3 Å². The second kappa shape index (κ2) is 12.0. The van der Waals surface area contributed by atoms with E-state index in [1.54, 1.807) is 0 Å². The zero-order chi connectivity index (χ0) is 27.3. The van der Waals surface area contributed by atoms with Crippen molar-refractivity contribution in [2.75, 3.05) is 29.9 Å². The van der Waals surface area contributed by atoms with Crippen LogP contribution < -0.4 is 15.5 Å². The molecule has 0 spiro atoms. The molecule has 2 aliphatic rings. The van der Waals surface area contributed by atoms with Gasteiger partial charge in [0.1, 0.15) is 17.8 Å². The van der Waals surface area contributed by atoms with Crippen molar-refractivity contribution < 1.29 is 36.2 Å². The maximum Gasteiger partial charge on any atom is 0.490 e. The molecule has 1 saturated heterocycles. The Kier molecular flexibility index (Phi) is 9.21. The highest BCUT2D eigenvalue weighted by Gasteiger charge is 2.38. The molecule has 0 aliphatic carbocycles. The molecular formula is C24H29F6N5O2. The third-order valence-electron chi connectivity index (χ3n) is 6.04. The van der Waals surface area contributed by atoms with Gasteiger partial charge in [-0.2, -0.15) is 13.2 Å². The number of benzene rings is 1. The molecule has 0 saturated carbocycles. The molecule has 1 atom stereocenters. The molecule has 0 radical (unpaired) electrons. The standard InChI is InChI=1S/C22H28F3N5.C2HF3O2/c1-13(2)27-21-22(29-18-5-8-26-12-19(18)28-21)30-9-6-14(7-10-30)20(25)16-4-3-15(23)11-17(16)24;3-2(4,5)1(6)7/h3-4,11,13-14,20,26H,5-10,12H2,1-2H3,(H,27,28);(H,6,7). The van der Waals surface area contributed by atoms with Crippen LogP contribution in [0.25, 0.3) is 0 Å². The summed E-state index contributed by atoms with van der Waals surface area (Å²) in [6.07, 6.45) is -4.55. The van der Waals surface area contributed by atoms with Gasteiger partial charge in [0.05, 0.1) is 11.4 Å². The van der Waals surface area contributed by atoms with Gasteiger partial charge in [-0.15, -0.1) is 0 Å². The molecule has 7 nitrogen and oxygen atoms in total. The van der Waals surface area contributed by atoms with Crippen molar-refractivity contribution >= 4 is 17.6 Å². The summed E-state index contributed by atoms with van der Waals surface area (Å²) in [5.41, 5.74) is 1.92. The summed E-state index contributed by atoms with van der Waals surface area (Å²) in [5, 5.41) is 13.8. The number of hydrogen-bond acceptors (Lipinski definition) is 6. The van der Waals surface area contributed by atoms with E-state index in [1.165, 1.54) is 6.07 Å². The second-order valence-electron chi connectivity index (χ2n) is 9.21.